The first kappa shape index (κ1) is 28.1. The summed E-state index contributed by atoms with van der Waals surface area (Å²) >= 11 is 0. The lowest BCUT2D eigenvalue weighted by Crippen LogP contribution is -2.38. The normalized spacial score (nSPS) is 15.9. The highest BCUT2D eigenvalue weighted by atomic mass is 16.5. The molecule has 220 valence electrons. The topological polar surface area (TPSA) is 96.9 Å². The van der Waals surface area contributed by atoms with E-state index in [2.05, 4.69) is 12.0 Å². The first-order chi connectivity index (χ1) is 20.9. The summed E-state index contributed by atoms with van der Waals surface area (Å²) in [5.74, 6) is 0.293. The summed E-state index contributed by atoms with van der Waals surface area (Å²) in [4.78, 5) is 46.3. The molecule has 2 aliphatic heterocycles. The molecule has 0 saturated carbocycles. The summed E-state index contributed by atoms with van der Waals surface area (Å²) in [5, 5.41) is 3.28. The number of nitrogens with one attached hydrogen (secondary N) is 1. The highest BCUT2D eigenvalue weighted by Crippen LogP contribution is 2.42. The average Bonchev–Trinajstić information content (AvgIpc) is 3.49. The standard InChI is InChI=1S/C34H34N4O5/c1-22-16-18-36(19-17-22)31-29(33(40)38(34(31)41)26-15-14-25(42-2)20-27(26)43-3)28-30(24-12-8-5-9-13-24)35-37(32(28)39)21-23-10-6-4-7-11-23/h4-15,20,22,35H,16-19,21H2,1-3H3. The zero-order chi connectivity index (χ0) is 30.1. The van der Waals surface area contributed by atoms with E-state index in [1.807, 2.05) is 65.6 Å². The van der Waals surface area contributed by atoms with Gasteiger partial charge in [-0.1, -0.05) is 67.6 Å². The number of methoxy groups -OCH3 is 2. The van der Waals surface area contributed by atoms with Crippen LogP contribution in [0.1, 0.15) is 30.9 Å². The number of rotatable bonds is 8. The van der Waals surface area contributed by atoms with Crippen LogP contribution in [0.3, 0.4) is 0 Å². The largest absolute Gasteiger partial charge is 0.497 e. The second kappa shape index (κ2) is 11.7. The molecule has 0 unspecified atom stereocenters. The van der Waals surface area contributed by atoms with Crippen molar-refractivity contribution in [3.05, 3.63) is 106 Å². The number of benzene rings is 3. The fourth-order valence-electron chi connectivity index (χ4n) is 5.86. The van der Waals surface area contributed by atoms with Gasteiger partial charge >= 0.3 is 0 Å². The summed E-state index contributed by atoms with van der Waals surface area (Å²) < 4.78 is 12.4. The number of amides is 2. The molecule has 43 heavy (non-hydrogen) atoms. The maximum absolute atomic E-state index is 14.5. The van der Waals surface area contributed by atoms with Gasteiger partial charge in [0.05, 0.1) is 43.3 Å². The maximum atomic E-state index is 14.5. The van der Waals surface area contributed by atoms with Gasteiger partial charge in [-0.2, -0.15) is 0 Å². The third-order valence-electron chi connectivity index (χ3n) is 8.24. The van der Waals surface area contributed by atoms with Crippen molar-refractivity contribution in [1.82, 2.24) is 14.7 Å². The molecule has 1 saturated heterocycles. The van der Waals surface area contributed by atoms with Crippen LogP contribution in [0.4, 0.5) is 5.69 Å². The molecule has 6 rings (SSSR count). The number of aromatic nitrogens is 2. The third kappa shape index (κ3) is 5.11. The summed E-state index contributed by atoms with van der Waals surface area (Å²) in [6.07, 6.45) is 1.75. The van der Waals surface area contributed by atoms with Gasteiger partial charge in [-0.05, 0) is 36.5 Å². The van der Waals surface area contributed by atoms with Gasteiger partial charge in [0, 0.05) is 24.7 Å². The Labute approximate surface area is 249 Å². The Balaban J connectivity index is 1.56. The van der Waals surface area contributed by atoms with Crippen LogP contribution in [-0.2, 0) is 16.1 Å². The molecule has 1 aromatic heterocycles. The van der Waals surface area contributed by atoms with Gasteiger partial charge in [0.2, 0.25) is 0 Å². The van der Waals surface area contributed by atoms with Crippen molar-refractivity contribution >= 4 is 23.1 Å². The second-order valence-corrected chi connectivity index (χ2v) is 11.0. The maximum Gasteiger partial charge on any atom is 0.282 e. The minimum atomic E-state index is -0.567. The fraction of sp³-hybridized carbons (Fsp3) is 0.265. The number of likely N-dealkylation sites (tertiary alicyclic amines) is 1. The lowest BCUT2D eigenvalue weighted by Gasteiger charge is -2.32. The van der Waals surface area contributed by atoms with Gasteiger partial charge in [-0.3, -0.25) is 19.5 Å². The summed E-state index contributed by atoms with van der Waals surface area (Å²) in [7, 11) is 3.01. The van der Waals surface area contributed by atoms with Crippen molar-refractivity contribution in [2.45, 2.75) is 26.3 Å². The van der Waals surface area contributed by atoms with Crippen LogP contribution in [0.25, 0.3) is 16.8 Å². The molecule has 2 amide bonds. The molecule has 3 heterocycles. The van der Waals surface area contributed by atoms with Crippen LogP contribution in [0.15, 0.2) is 89.4 Å². The van der Waals surface area contributed by atoms with E-state index in [4.69, 9.17) is 9.47 Å². The molecule has 3 aromatic carbocycles. The van der Waals surface area contributed by atoms with E-state index >= 15 is 0 Å². The van der Waals surface area contributed by atoms with Crippen molar-refractivity contribution < 1.29 is 19.1 Å². The summed E-state index contributed by atoms with van der Waals surface area (Å²) in [6, 6.07) is 24.0. The molecule has 9 nitrogen and oxygen atoms in total. The number of anilines is 1. The first-order valence-corrected chi connectivity index (χ1v) is 14.4. The molecular weight excluding hydrogens is 544 g/mol. The Hall–Kier alpha value is -5.05. The highest BCUT2D eigenvalue weighted by Gasteiger charge is 2.46. The number of imide groups is 1. The highest BCUT2D eigenvalue weighted by molar-refractivity contribution is 6.46. The number of H-pyrrole nitrogens is 1. The third-order valence-corrected chi connectivity index (χ3v) is 8.24. The molecule has 0 spiro atoms. The van der Waals surface area contributed by atoms with Crippen LogP contribution < -0.4 is 19.9 Å². The van der Waals surface area contributed by atoms with Crippen LogP contribution in [0, 0.1) is 5.92 Å². The summed E-state index contributed by atoms with van der Waals surface area (Å²) in [5.41, 5.74) is 2.60. The Morgan fingerprint density at radius 1 is 0.837 bits per heavy atom. The predicted molar refractivity (Wildman–Crippen MR) is 165 cm³/mol. The number of nitrogens with zero attached hydrogens (tertiary/aromatic N) is 3. The van der Waals surface area contributed by atoms with Crippen LogP contribution in [0.5, 0.6) is 11.5 Å². The van der Waals surface area contributed by atoms with E-state index in [-0.39, 0.29) is 34.6 Å². The number of hydrogen-bond acceptors (Lipinski definition) is 6. The number of carbonyl (C=O) groups excluding carboxylic acids is 2. The average molecular weight is 579 g/mol. The molecule has 1 fully saturated rings. The first-order valence-electron chi connectivity index (χ1n) is 14.4. The minimum absolute atomic E-state index is 0.101. The Morgan fingerprint density at radius 3 is 2.16 bits per heavy atom. The molecular formula is C34H34N4O5. The van der Waals surface area contributed by atoms with Gasteiger partial charge in [0.15, 0.2) is 0 Å². The van der Waals surface area contributed by atoms with E-state index in [1.165, 1.54) is 18.9 Å². The molecule has 9 heteroatoms. The quantitative estimate of drug-likeness (QED) is 0.298. The van der Waals surface area contributed by atoms with E-state index < -0.39 is 11.8 Å². The smallest absolute Gasteiger partial charge is 0.282 e. The predicted octanol–water partition coefficient (Wildman–Crippen LogP) is 4.93. The van der Waals surface area contributed by atoms with E-state index in [0.717, 1.165) is 28.9 Å². The number of hydrogen-bond donors (Lipinski definition) is 1. The SMILES string of the molecule is COc1ccc(N2C(=O)C(c3c(-c4ccccc4)[nH]n(Cc4ccccc4)c3=O)=C(N3CCC(C)CC3)C2=O)c(OC)c1. The molecule has 2 aliphatic rings. The van der Waals surface area contributed by atoms with E-state index in [0.29, 0.717) is 36.2 Å². The second-order valence-electron chi connectivity index (χ2n) is 11.0. The molecule has 0 aliphatic carbocycles. The zero-order valence-electron chi connectivity index (χ0n) is 24.5. The van der Waals surface area contributed by atoms with Gasteiger partial charge in [-0.15, -0.1) is 0 Å². The van der Waals surface area contributed by atoms with Crippen LogP contribution in [-0.4, -0.2) is 53.8 Å². The molecule has 0 bridgehead atoms. The van der Waals surface area contributed by atoms with Gasteiger partial charge in [0.1, 0.15) is 17.2 Å². The van der Waals surface area contributed by atoms with Crippen molar-refractivity contribution in [3.8, 4) is 22.8 Å². The fourth-order valence-corrected chi connectivity index (χ4v) is 5.86. The minimum Gasteiger partial charge on any atom is -0.497 e. The van der Waals surface area contributed by atoms with Crippen LogP contribution >= 0.6 is 0 Å². The molecule has 0 atom stereocenters. The Bertz CT molecular complexity index is 1750. The number of aromatic amines is 1. The Kier molecular flexibility index (Phi) is 7.63. The lowest BCUT2D eigenvalue weighted by atomic mass is 9.96. The monoisotopic (exact) mass is 578 g/mol. The van der Waals surface area contributed by atoms with E-state index in [9.17, 15) is 14.4 Å². The van der Waals surface area contributed by atoms with Crippen molar-refractivity contribution in [2.75, 3.05) is 32.2 Å². The Morgan fingerprint density at radius 2 is 1.51 bits per heavy atom. The zero-order valence-corrected chi connectivity index (χ0v) is 24.5. The number of ether oxygens (including phenoxy) is 2. The molecule has 4 aromatic rings. The molecule has 0 radical (unpaired) electrons. The van der Waals surface area contributed by atoms with Crippen molar-refractivity contribution in [3.63, 3.8) is 0 Å². The lowest BCUT2D eigenvalue weighted by molar-refractivity contribution is -0.120. The van der Waals surface area contributed by atoms with Gasteiger partial charge in [0.25, 0.3) is 17.4 Å². The van der Waals surface area contributed by atoms with Crippen molar-refractivity contribution in [2.24, 2.45) is 5.92 Å². The van der Waals surface area contributed by atoms with E-state index in [1.54, 1.807) is 18.2 Å². The number of carbonyl (C=O) groups is 2. The molecule has 1 N–H and O–H groups in total. The number of piperidine rings is 1. The summed E-state index contributed by atoms with van der Waals surface area (Å²) in [6.45, 7) is 3.68. The van der Waals surface area contributed by atoms with Crippen molar-refractivity contribution in [1.29, 1.82) is 0 Å². The van der Waals surface area contributed by atoms with Crippen LogP contribution in [0.2, 0.25) is 0 Å². The van der Waals surface area contributed by atoms with Gasteiger partial charge < -0.3 is 14.4 Å². The van der Waals surface area contributed by atoms with Gasteiger partial charge in [-0.25, -0.2) is 9.58 Å².